The van der Waals surface area contributed by atoms with E-state index in [2.05, 4.69) is 31.8 Å². The zero-order chi connectivity index (χ0) is 14.7. The molecule has 20 heavy (non-hydrogen) atoms. The first-order chi connectivity index (χ1) is 9.47. The summed E-state index contributed by atoms with van der Waals surface area (Å²) in [6, 6.07) is 4.75. The molecule has 0 unspecified atom stereocenters. The summed E-state index contributed by atoms with van der Waals surface area (Å²) in [4.78, 5) is 0. The maximum atomic E-state index is 6.27. The SMILES string of the molecule is C=C(CNC1CC1)COc1cc(C(C)C)c(Cl)cc1C. The summed E-state index contributed by atoms with van der Waals surface area (Å²) in [5.41, 5.74) is 3.29. The van der Waals surface area contributed by atoms with E-state index in [0.717, 1.165) is 34.0 Å². The van der Waals surface area contributed by atoms with Gasteiger partial charge in [0.15, 0.2) is 0 Å². The van der Waals surface area contributed by atoms with Gasteiger partial charge in [-0.15, -0.1) is 0 Å². The van der Waals surface area contributed by atoms with Gasteiger partial charge in [-0.25, -0.2) is 0 Å². The highest BCUT2D eigenvalue weighted by Gasteiger charge is 2.20. The van der Waals surface area contributed by atoms with Gasteiger partial charge in [-0.05, 0) is 54.5 Å². The lowest BCUT2D eigenvalue weighted by atomic mass is 10.0. The Morgan fingerprint density at radius 2 is 2.15 bits per heavy atom. The van der Waals surface area contributed by atoms with Gasteiger partial charge in [0.2, 0.25) is 0 Å². The van der Waals surface area contributed by atoms with E-state index in [-0.39, 0.29) is 0 Å². The number of aryl methyl sites for hydroxylation is 1. The largest absolute Gasteiger partial charge is 0.489 e. The minimum Gasteiger partial charge on any atom is -0.489 e. The Morgan fingerprint density at radius 3 is 2.75 bits per heavy atom. The van der Waals surface area contributed by atoms with Gasteiger partial charge < -0.3 is 10.1 Å². The third kappa shape index (κ3) is 4.26. The Morgan fingerprint density at radius 1 is 1.45 bits per heavy atom. The number of halogens is 1. The van der Waals surface area contributed by atoms with Crippen molar-refractivity contribution in [2.45, 2.75) is 45.6 Å². The van der Waals surface area contributed by atoms with Gasteiger partial charge in [-0.2, -0.15) is 0 Å². The first-order valence-electron chi connectivity index (χ1n) is 7.30. The highest BCUT2D eigenvalue weighted by atomic mass is 35.5. The second-order valence-corrected chi connectivity index (χ2v) is 6.39. The van der Waals surface area contributed by atoms with Gasteiger partial charge in [-0.1, -0.05) is 32.0 Å². The predicted molar refractivity (Wildman–Crippen MR) is 85.9 cm³/mol. The van der Waals surface area contributed by atoms with Crippen molar-refractivity contribution in [3.05, 3.63) is 40.4 Å². The van der Waals surface area contributed by atoms with Crippen molar-refractivity contribution in [3.8, 4) is 5.75 Å². The van der Waals surface area contributed by atoms with E-state index in [1.165, 1.54) is 12.8 Å². The quantitative estimate of drug-likeness (QED) is 0.750. The van der Waals surface area contributed by atoms with Crippen LogP contribution in [0.4, 0.5) is 0 Å². The van der Waals surface area contributed by atoms with Crippen molar-refractivity contribution in [3.63, 3.8) is 0 Å². The van der Waals surface area contributed by atoms with Crippen molar-refractivity contribution in [2.24, 2.45) is 0 Å². The predicted octanol–water partition coefficient (Wildman–Crippen LogP) is 4.46. The molecule has 3 heteroatoms. The maximum Gasteiger partial charge on any atom is 0.123 e. The number of hydrogen-bond donors (Lipinski definition) is 1. The molecule has 0 heterocycles. The van der Waals surface area contributed by atoms with Crippen molar-refractivity contribution in [1.29, 1.82) is 0 Å². The second-order valence-electron chi connectivity index (χ2n) is 5.99. The number of hydrogen-bond acceptors (Lipinski definition) is 2. The first-order valence-corrected chi connectivity index (χ1v) is 7.68. The van der Waals surface area contributed by atoms with Crippen LogP contribution >= 0.6 is 11.6 Å². The Labute approximate surface area is 127 Å². The summed E-state index contributed by atoms with van der Waals surface area (Å²) in [7, 11) is 0. The molecule has 0 saturated heterocycles. The minimum atomic E-state index is 0.394. The average molecular weight is 294 g/mol. The van der Waals surface area contributed by atoms with Gasteiger partial charge in [0.05, 0.1) is 0 Å². The molecule has 0 atom stereocenters. The van der Waals surface area contributed by atoms with Crippen molar-refractivity contribution in [1.82, 2.24) is 5.32 Å². The number of benzene rings is 1. The van der Waals surface area contributed by atoms with Crippen LogP contribution in [0.1, 0.15) is 43.7 Å². The summed E-state index contributed by atoms with van der Waals surface area (Å²) in [5.74, 6) is 1.30. The van der Waals surface area contributed by atoms with E-state index in [4.69, 9.17) is 16.3 Å². The number of nitrogens with one attached hydrogen (secondary N) is 1. The third-order valence-corrected chi connectivity index (χ3v) is 3.89. The molecule has 0 amide bonds. The highest BCUT2D eigenvalue weighted by Crippen LogP contribution is 2.31. The van der Waals surface area contributed by atoms with Crippen LogP contribution in [0.5, 0.6) is 5.75 Å². The van der Waals surface area contributed by atoms with Crippen LogP contribution in [-0.2, 0) is 0 Å². The van der Waals surface area contributed by atoms with Crippen LogP contribution in [0.15, 0.2) is 24.3 Å². The molecule has 2 nitrogen and oxygen atoms in total. The van der Waals surface area contributed by atoms with Gasteiger partial charge in [-0.3, -0.25) is 0 Å². The van der Waals surface area contributed by atoms with E-state index in [9.17, 15) is 0 Å². The normalized spacial score (nSPS) is 14.7. The Bertz CT molecular complexity index is 492. The lowest BCUT2D eigenvalue weighted by Gasteiger charge is -2.15. The molecule has 1 aromatic rings. The lowest BCUT2D eigenvalue weighted by molar-refractivity contribution is 0.345. The van der Waals surface area contributed by atoms with Crippen LogP contribution < -0.4 is 10.1 Å². The molecule has 1 N–H and O–H groups in total. The zero-order valence-electron chi connectivity index (χ0n) is 12.6. The highest BCUT2D eigenvalue weighted by molar-refractivity contribution is 6.31. The first kappa shape index (κ1) is 15.4. The van der Waals surface area contributed by atoms with Gasteiger partial charge in [0.1, 0.15) is 12.4 Å². The molecule has 1 fully saturated rings. The summed E-state index contributed by atoms with van der Waals surface area (Å²) in [6.45, 7) is 11.8. The molecule has 1 saturated carbocycles. The summed E-state index contributed by atoms with van der Waals surface area (Å²) < 4.78 is 5.90. The molecule has 110 valence electrons. The van der Waals surface area contributed by atoms with E-state index in [1.807, 2.05) is 13.0 Å². The van der Waals surface area contributed by atoms with Crippen molar-refractivity contribution < 1.29 is 4.74 Å². The summed E-state index contributed by atoms with van der Waals surface area (Å²) in [5, 5.41) is 4.26. The average Bonchev–Trinajstić information content (AvgIpc) is 3.18. The molecule has 1 aliphatic carbocycles. The standard InChI is InChI=1S/C17H24ClNO/c1-11(2)15-8-17(13(4)7-16(15)18)20-10-12(3)9-19-14-5-6-14/h7-8,11,14,19H,3,5-6,9-10H2,1-2,4H3. The van der Waals surface area contributed by atoms with E-state index < -0.39 is 0 Å². The van der Waals surface area contributed by atoms with Crippen molar-refractivity contribution >= 4 is 11.6 Å². The smallest absolute Gasteiger partial charge is 0.123 e. The molecular formula is C17H24ClNO. The molecule has 0 bridgehead atoms. The molecule has 1 aliphatic rings. The van der Waals surface area contributed by atoms with Gasteiger partial charge in [0.25, 0.3) is 0 Å². The molecule has 0 aliphatic heterocycles. The van der Waals surface area contributed by atoms with E-state index in [0.29, 0.717) is 18.6 Å². The topological polar surface area (TPSA) is 21.3 Å². The van der Waals surface area contributed by atoms with Crippen LogP contribution in [0.2, 0.25) is 5.02 Å². The lowest BCUT2D eigenvalue weighted by Crippen LogP contribution is -2.21. The molecule has 0 aromatic heterocycles. The Balaban J connectivity index is 1.93. The summed E-state index contributed by atoms with van der Waals surface area (Å²) >= 11 is 6.27. The summed E-state index contributed by atoms with van der Waals surface area (Å²) in [6.07, 6.45) is 2.59. The molecule has 2 rings (SSSR count). The van der Waals surface area contributed by atoms with Crippen LogP contribution in [-0.4, -0.2) is 19.2 Å². The molecular weight excluding hydrogens is 270 g/mol. The van der Waals surface area contributed by atoms with E-state index in [1.54, 1.807) is 0 Å². The van der Waals surface area contributed by atoms with Gasteiger partial charge in [0, 0.05) is 17.6 Å². The molecule has 0 spiro atoms. The molecule has 1 aromatic carbocycles. The van der Waals surface area contributed by atoms with Crippen LogP contribution in [0.3, 0.4) is 0 Å². The van der Waals surface area contributed by atoms with Gasteiger partial charge >= 0.3 is 0 Å². The fourth-order valence-electron chi connectivity index (χ4n) is 2.07. The number of ether oxygens (including phenoxy) is 1. The Kier molecular flexibility index (Phi) is 5.11. The number of rotatable bonds is 7. The monoisotopic (exact) mass is 293 g/mol. The van der Waals surface area contributed by atoms with Crippen LogP contribution in [0, 0.1) is 6.92 Å². The Hall–Kier alpha value is -0.990. The fraction of sp³-hybridized carbons (Fsp3) is 0.529. The van der Waals surface area contributed by atoms with E-state index >= 15 is 0 Å². The fourth-order valence-corrected chi connectivity index (χ4v) is 2.51. The third-order valence-electron chi connectivity index (χ3n) is 3.57. The minimum absolute atomic E-state index is 0.394. The zero-order valence-corrected chi connectivity index (χ0v) is 13.4. The maximum absolute atomic E-state index is 6.27. The van der Waals surface area contributed by atoms with Crippen molar-refractivity contribution in [2.75, 3.05) is 13.2 Å². The second kappa shape index (κ2) is 6.64. The van der Waals surface area contributed by atoms with Crippen LogP contribution in [0.25, 0.3) is 0 Å². The molecule has 0 radical (unpaired) electrons.